The molecule has 1 heterocycles. The fourth-order valence-electron chi connectivity index (χ4n) is 1.97. The smallest absolute Gasteiger partial charge is 0.335 e. The van der Waals surface area contributed by atoms with Crippen molar-refractivity contribution in [2.75, 3.05) is 0 Å². The Morgan fingerprint density at radius 2 is 2.32 bits per heavy atom. The van der Waals surface area contributed by atoms with Crippen LogP contribution in [0.15, 0.2) is 18.3 Å². The van der Waals surface area contributed by atoms with Gasteiger partial charge in [-0.25, -0.2) is 9.59 Å². The number of amides is 2. The molecule has 0 radical (unpaired) electrons. The molecule has 1 fully saturated rings. The third-order valence-corrected chi connectivity index (χ3v) is 3.26. The maximum absolute atomic E-state index is 11.6. The molecule has 1 aromatic heterocycles. The number of carbonyl (C=O) groups excluding carboxylic acids is 1. The second-order valence-electron chi connectivity index (χ2n) is 4.68. The Hall–Kier alpha value is -2.11. The molecule has 0 spiro atoms. The lowest BCUT2D eigenvalue weighted by Crippen LogP contribution is -2.37. The molecule has 1 aromatic rings. The van der Waals surface area contributed by atoms with E-state index >= 15 is 0 Å². The normalized spacial score (nSPS) is 20.7. The van der Waals surface area contributed by atoms with Gasteiger partial charge in [0.05, 0.1) is 17.8 Å². The zero-order valence-electron chi connectivity index (χ0n) is 10.7. The number of urea groups is 1. The van der Waals surface area contributed by atoms with Gasteiger partial charge in [-0.3, -0.25) is 4.98 Å². The Labute approximate surface area is 111 Å². The molecule has 1 saturated carbocycles. The molecule has 6 nitrogen and oxygen atoms in total. The summed E-state index contributed by atoms with van der Waals surface area (Å²) in [5, 5.41) is 14.4. The molecule has 2 amide bonds. The van der Waals surface area contributed by atoms with Crippen molar-refractivity contribution in [1.82, 2.24) is 15.6 Å². The van der Waals surface area contributed by atoms with Crippen LogP contribution in [0.2, 0.25) is 0 Å². The van der Waals surface area contributed by atoms with Gasteiger partial charge in [0.25, 0.3) is 0 Å². The Kier molecular flexibility index (Phi) is 3.99. The molecule has 1 aliphatic rings. The van der Waals surface area contributed by atoms with Gasteiger partial charge in [-0.05, 0) is 24.5 Å². The zero-order valence-corrected chi connectivity index (χ0v) is 10.7. The molecule has 0 bridgehead atoms. The van der Waals surface area contributed by atoms with Crippen molar-refractivity contribution in [3.05, 3.63) is 29.6 Å². The minimum atomic E-state index is -1.00. The average Bonchev–Trinajstić information content (AvgIpc) is 3.15. The average molecular weight is 263 g/mol. The van der Waals surface area contributed by atoms with Crippen molar-refractivity contribution in [3.63, 3.8) is 0 Å². The van der Waals surface area contributed by atoms with Crippen LogP contribution in [0.4, 0.5) is 4.79 Å². The Bertz CT molecular complexity index is 490. The molecular weight excluding hydrogens is 246 g/mol. The molecule has 1 aliphatic carbocycles. The van der Waals surface area contributed by atoms with E-state index in [1.54, 1.807) is 0 Å². The summed E-state index contributed by atoms with van der Waals surface area (Å²) in [5.74, 6) is -0.406. The highest BCUT2D eigenvalue weighted by molar-refractivity contribution is 5.87. The topological polar surface area (TPSA) is 91.3 Å². The maximum atomic E-state index is 11.6. The second kappa shape index (κ2) is 5.69. The van der Waals surface area contributed by atoms with Crippen LogP contribution in [0.5, 0.6) is 0 Å². The summed E-state index contributed by atoms with van der Waals surface area (Å²) in [6, 6.07) is 2.92. The highest BCUT2D eigenvalue weighted by atomic mass is 16.4. The number of carboxylic acids is 1. The van der Waals surface area contributed by atoms with E-state index in [2.05, 4.69) is 22.5 Å². The third kappa shape index (κ3) is 3.67. The van der Waals surface area contributed by atoms with Crippen LogP contribution < -0.4 is 10.6 Å². The predicted molar refractivity (Wildman–Crippen MR) is 68.8 cm³/mol. The van der Waals surface area contributed by atoms with Crippen LogP contribution in [0, 0.1) is 5.92 Å². The van der Waals surface area contributed by atoms with Crippen LogP contribution in [-0.2, 0) is 6.54 Å². The molecule has 2 rings (SSSR count). The summed E-state index contributed by atoms with van der Waals surface area (Å²) < 4.78 is 0. The Balaban J connectivity index is 1.80. The molecule has 0 aliphatic heterocycles. The zero-order chi connectivity index (χ0) is 13.8. The van der Waals surface area contributed by atoms with Gasteiger partial charge in [0.2, 0.25) is 0 Å². The third-order valence-electron chi connectivity index (χ3n) is 3.26. The summed E-state index contributed by atoms with van der Waals surface area (Å²) >= 11 is 0. The van der Waals surface area contributed by atoms with Crippen LogP contribution in [0.3, 0.4) is 0 Å². The van der Waals surface area contributed by atoms with E-state index in [4.69, 9.17) is 5.11 Å². The fraction of sp³-hybridized carbons (Fsp3) is 0.462. The summed E-state index contributed by atoms with van der Waals surface area (Å²) in [7, 11) is 0. The Morgan fingerprint density at radius 1 is 1.53 bits per heavy atom. The molecule has 6 heteroatoms. The predicted octanol–water partition coefficient (Wildman–Crippen LogP) is 1.38. The lowest BCUT2D eigenvalue weighted by Gasteiger charge is -2.07. The lowest BCUT2D eigenvalue weighted by molar-refractivity contribution is 0.0696. The Morgan fingerprint density at radius 3 is 2.95 bits per heavy atom. The van der Waals surface area contributed by atoms with Crippen molar-refractivity contribution in [2.24, 2.45) is 5.92 Å². The molecule has 3 N–H and O–H groups in total. The van der Waals surface area contributed by atoms with Crippen molar-refractivity contribution in [2.45, 2.75) is 32.4 Å². The fourth-order valence-corrected chi connectivity index (χ4v) is 1.97. The lowest BCUT2D eigenvalue weighted by atomic mass is 10.2. The molecule has 19 heavy (non-hydrogen) atoms. The molecular formula is C13H17N3O3. The van der Waals surface area contributed by atoms with Gasteiger partial charge in [-0.2, -0.15) is 0 Å². The summed E-state index contributed by atoms with van der Waals surface area (Å²) in [5.41, 5.74) is 0.693. The minimum absolute atomic E-state index is 0.167. The number of aromatic nitrogens is 1. The summed E-state index contributed by atoms with van der Waals surface area (Å²) in [6.07, 6.45) is 3.54. The van der Waals surface area contributed by atoms with Crippen molar-refractivity contribution < 1.29 is 14.7 Å². The number of nitrogens with zero attached hydrogens (tertiary/aromatic N) is 1. The quantitative estimate of drug-likeness (QED) is 0.748. The molecule has 2 unspecified atom stereocenters. The van der Waals surface area contributed by atoms with Gasteiger partial charge in [0.15, 0.2) is 0 Å². The van der Waals surface area contributed by atoms with Gasteiger partial charge < -0.3 is 15.7 Å². The molecule has 0 saturated heterocycles. The number of carbonyl (C=O) groups is 2. The van der Waals surface area contributed by atoms with Crippen LogP contribution in [-0.4, -0.2) is 28.1 Å². The van der Waals surface area contributed by atoms with E-state index in [0.29, 0.717) is 11.6 Å². The standard InChI is InChI=1S/C13H17N3O3/c1-2-8-6-11(8)16-13(19)15-7-10-5-9(12(17)18)3-4-14-10/h3-5,8,11H,2,6-7H2,1H3,(H,17,18)(H2,15,16,19). The first kappa shape index (κ1) is 13.3. The van der Waals surface area contributed by atoms with E-state index in [-0.39, 0.29) is 24.2 Å². The first-order valence-corrected chi connectivity index (χ1v) is 6.32. The first-order chi connectivity index (χ1) is 9.10. The SMILES string of the molecule is CCC1CC1NC(=O)NCc1cc(C(=O)O)ccn1. The van der Waals surface area contributed by atoms with Crippen LogP contribution >= 0.6 is 0 Å². The highest BCUT2D eigenvalue weighted by Gasteiger charge is 2.36. The number of carboxylic acid groups (broad SMARTS) is 1. The number of hydrogen-bond acceptors (Lipinski definition) is 3. The van der Waals surface area contributed by atoms with Crippen molar-refractivity contribution in [3.8, 4) is 0 Å². The van der Waals surface area contributed by atoms with Gasteiger partial charge in [-0.1, -0.05) is 13.3 Å². The highest BCUT2D eigenvalue weighted by Crippen LogP contribution is 2.32. The van der Waals surface area contributed by atoms with Gasteiger partial charge in [0, 0.05) is 12.2 Å². The van der Waals surface area contributed by atoms with Gasteiger partial charge >= 0.3 is 12.0 Å². The largest absolute Gasteiger partial charge is 0.478 e. The van der Waals surface area contributed by atoms with E-state index in [1.165, 1.54) is 18.3 Å². The molecule has 102 valence electrons. The monoisotopic (exact) mass is 263 g/mol. The van der Waals surface area contributed by atoms with Crippen molar-refractivity contribution >= 4 is 12.0 Å². The van der Waals surface area contributed by atoms with Crippen LogP contribution in [0.1, 0.15) is 35.8 Å². The van der Waals surface area contributed by atoms with E-state index < -0.39 is 5.97 Å². The van der Waals surface area contributed by atoms with Gasteiger partial charge in [-0.15, -0.1) is 0 Å². The maximum Gasteiger partial charge on any atom is 0.335 e. The minimum Gasteiger partial charge on any atom is -0.478 e. The summed E-state index contributed by atoms with van der Waals surface area (Å²) in [4.78, 5) is 26.4. The van der Waals surface area contributed by atoms with Crippen molar-refractivity contribution in [1.29, 1.82) is 0 Å². The second-order valence-corrected chi connectivity index (χ2v) is 4.68. The van der Waals surface area contributed by atoms with E-state index in [0.717, 1.165) is 12.8 Å². The van der Waals surface area contributed by atoms with E-state index in [1.807, 2.05) is 0 Å². The number of rotatable bonds is 5. The molecule has 2 atom stereocenters. The van der Waals surface area contributed by atoms with Gasteiger partial charge in [0.1, 0.15) is 0 Å². The molecule has 0 aromatic carbocycles. The number of aromatic carboxylic acids is 1. The van der Waals surface area contributed by atoms with E-state index in [9.17, 15) is 9.59 Å². The number of nitrogens with one attached hydrogen (secondary N) is 2. The first-order valence-electron chi connectivity index (χ1n) is 6.32. The van der Waals surface area contributed by atoms with Crippen LogP contribution in [0.25, 0.3) is 0 Å². The summed E-state index contributed by atoms with van der Waals surface area (Å²) in [6.45, 7) is 2.32. The number of pyridine rings is 1. The number of hydrogen-bond donors (Lipinski definition) is 3.